The molecule has 0 amide bonds. The molecule has 2 rings (SSSR count). The van der Waals surface area contributed by atoms with Gasteiger partial charge in [-0.1, -0.05) is 30.3 Å². The lowest BCUT2D eigenvalue weighted by Gasteiger charge is -2.15. The molecule has 2 aromatic rings. The molecule has 1 atom stereocenters. The molecule has 0 aliphatic carbocycles. The van der Waals surface area contributed by atoms with Gasteiger partial charge in [-0.3, -0.25) is 0 Å². The van der Waals surface area contributed by atoms with E-state index in [9.17, 15) is 13.2 Å². The fraction of sp³-hybridized carbons (Fsp3) is 0.368. The standard InChI is InChI=1S/C19H22F3NO/c1-14(16-8-4-10-18(13-16)24-2)23-11-5-7-15-6-3-9-17(12-15)19(20,21)22/h3-4,6,8-10,12-14,23H,5,7,11H2,1-2H3/t14-/m1/s1. The summed E-state index contributed by atoms with van der Waals surface area (Å²) >= 11 is 0. The van der Waals surface area contributed by atoms with Gasteiger partial charge in [-0.15, -0.1) is 0 Å². The molecule has 0 heterocycles. The SMILES string of the molecule is COc1cccc([C@@H](C)NCCCc2cccc(C(F)(F)F)c2)c1. The van der Waals surface area contributed by atoms with Crippen molar-refractivity contribution in [3.05, 3.63) is 65.2 Å². The van der Waals surface area contributed by atoms with Crippen molar-refractivity contribution in [2.75, 3.05) is 13.7 Å². The van der Waals surface area contributed by atoms with Crippen molar-refractivity contribution < 1.29 is 17.9 Å². The number of benzene rings is 2. The van der Waals surface area contributed by atoms with E-state index >= 15 is 0 Å². The first-order valence-electron chi connectivity index (χ1n) is 7.93. The van der Waals surface area contributed by atoms with Crippen LogP contribution in [-0.2, 0) is 12.6 Å². The fourth-order valence-electron chi connectivity index (χ4n) is 2.54. The average Bonchev–Trinajstić information content (AvgIpc) is 2.58. The molecule has 130 valence electrons. The van der Waals surface area contributed by atoms with Crippen LogP contribution in [0.1, 0.15) is 36.1 Å². The minimum absolute atomic E-state index is 0.154. The summed E-state index contributed by atoms with van der Waals surface area (Å²) in [6, 6.07) is 13.5. The summed E-state index contributed by atoms with van der Waals surface area (Å²) in [5, 5.41) is 3.39. The van der Waals surface area contributed by atoms with Crippen molar-refractivity contribution in [2.45, 2.75) is 32.0 Å². The van der Waals surface area contributed by atoms with Gasteiger partial charge in [0, 0.05) is 6.04 Å². The maximum atomic E-state index is 12.7. The molecular weight excluding hydrogens is 315 g/mol. The van der Waals surface area contributed by atoms with Gasteiger partial charge in [0.15, 0.2) is 0 Å². The number of nitrogens with one attached hydrogen (secondary N) is 1. The van der Waals surface area contributed by atoms with Crippen LogP contribution in [0.2, 0.25) is 0 Å². The van der Waals surface area contributed by atoms with E-state index < -0.39 is 11.7 Å². The summed E-state index contributed by atoms with van der Waals surface area (Å²) in [5.41, 5.74) is 1.24. The molecule has 0 saturated carbocycles. The van der Waals surface area contributed by atoms with Crippen molar-refractivity contribution in [1.82, 2.24) is 5.32 Å². The second-order valence-electron chi connectivity index (χ2n) is 5.75. The van der Waals surface area contributed by atoms with Gasteiger partial charge in [-0.25, -0.2) is 0 Å². The molecule has 2 aromatic carbocycles. The van der Waals surface area contributed by atoms with E-state index in [1.807, 2.05) is 24.3 Å². The maximum absolute atomic E-state index is 12.7. The number of hydrogen-bond donors (Lipinski definition) is 1. The Morgan fingerprint density at radius 2 is 1.83 bits per heavy atom. The van der Waals surface area contributed by atoms with Gasteiger partial charge in [0.2, 0.25) is 0 Å². The van der Waals surface area contributed by atoms with Crippen LogP contribution in [0.25, 0.3) is 0 Å². The van der Waals surface area contributed by atoms with E-state index in [2.05, 4.69) is 12.2 Å². The molecule has 0 fully saturated rings. The van der Waals surface area contributed by atoms with Crippen LogP contribution in [-0.4, -0.2) is 13.7 Å². The first-order valence-corrected chi connectivity index (χ1v) is 7.93. The molecule has 0 aromatic heterocycles. The van der Waals surface area contributed by atoms with Crippen LogP contribution in [0.3, 0.4) is 0 Å². The van der Waals surface area contributed by atoms with Gasteiger partial charge in [0.05, 0.1) is 12.7 Å². The smallest absolute Gasteiger partial charge is 0.416 e. The number of ether oxygens (including phenoxy) is 1. The highest BCUT2D eigenvalue weighted by Crippen LogP contribution is 2.29. The van der Waals surface area contributed by atoms with E-state index in [1.165, 1.54) is 12.1 Å². The minimum Gasteiger partial charge on any atom is -0.497 e. The Labute approximate surface area is 140 Å². The van der Waals surface area contributed by atoms with Gasteiger partial charge >= 0.3 is 6.18 Å². The molecule has 5 heteroatoms. The Bertz CT molecular complexity index is 655. The van der Waals surface area contributed by atoms with Gasteiger partial charge in [-0.05, 0) is 55.6 Å². The van der Waals surface area contributed by atoms with E-state index in [1.54, 1.807) is 13.2 Å². The lowest BCUT2D eigenvalue weighted by molar-refractivity contribution is -0.137. The number of halogens is 3. The predicted molar refractivity (Wildman–Crippen MR) is 89.2 cm³/mol. The number of methoxy groups -OCH3 is 1. The normalized spacial score (nSPS) is 12.9. The number of rotatable bonds is 7. The Morgan fingerprint density at radius 3 is 2.54 bits per heavy atom. The molecule has 1 N–H and O–H groups in total. The highest BCUT2D eigenvalue weighted by atomic mass is 19.4. The topological polar surface area (TPSA) is 21.3 Å². The summed E-state index contributed by atoms with van der Waals surface area (Å²) in [7, 11) is 1.63. The molecule has 0 unspecified atom stereocenters. The van der Waals surface area contributed by atoms with Crippen LogP contribution in [0.15, 0.2) is 48.5 Å². The summed E-state index contributed by atoms with van der Waals surface area (Å²) in [6.45, 7) is 2.79. The summed E-state index contributed by atoms with van der Waals surface area (Å²) in [4.78, 5) is 0. The summed E-state index contributed by atoms with van der Waals surface area (Å²) in [5.74, 6) is 0.810. The average molecular weight is 337 g/mol. The van der Waals surface area contributed by atoms with E-state index in [0.29, 0.717) is 12.0 Å². The van der Waals surface area contributed by atoms with Crippen molar-refractivity contribution in [1.29, 1.82) is 0 Å². The molecule has 2 nitrogen and oxygen atoms in total. The van der Waals surface area contributed by atoms with Crippen molar-refractivity contribution in [2.24, 2.45) is 0 Å². The van der Waals surface area contributed by atoms with Crippen LogP contribution in [0.4, 0.5) is 13.2 Å². The molecule has 24 heavy (non-hydrogen) atoms. The van der Waals surface area contributed by atoms with Gasteiger partial charge < -0.3 is 10.1 Å². The lowest BCUT2D eigenvalue weighted by atomic mass is 10.1. The first kappa shape index (κ1) is 18.3. The lowest BCUT2D eigenvalue weighted by Crippen LogP contribution is -2.20. The summed E-state index contributed by atoms with van der Waals surface area (Å²) in [6.07, 6.45) is -2.90. The minimum atomic E-state index is -4.28. The number of hydrogen-bond acceptors (Lipinski definition) is 2. The summed E-state index contributed by atoms with van der Waals surface area (Å²) < 4.78 is 43.3. The fourth-order valence-corrected chi connectivity index (χ4v) is 2.54. The Balaban J connectivity index is 1.82. The highest BCUT2D eigenvalue weighted by molar-refractivity contribution is 5.30. The molecule has 0 aliphatic heterocycles. The number of alkyl halides is 3. The van der Waals surface area contributed by atoms with Crippen LogP contribution in [0, 0.1) is 0 Å². The van der Waals surface area contributed by atoms with Gasteiger partial charge in [-0.2, -0.15) is 13.2 Å². The zero-order valence-corrected chi connectivity index (χ0v) is 13.9. The molecular formula is C19H22F3NO. The third-order valence-electron chi connectivity index (χ3n) is 3.94. The van der Waals surface area contributed by atoms with E-state index in [0.717, 1.165) is 30.3 Å². The van der Waals surface area contributed by atoms with Crippen LogP contribution in [0.5, 0.6) is 5.75 Å². The van der Waals surface area contributed by atoms with Crippen molar-refractivity contribution in [3.63, 3.8) is 0 Å². The Hall–Kier alpha value is -2.01. The highest BCUT2D eigenvalue weighted by Gasteiger charge is 2.30. The third-order valence-corrected chi connectivity index (χ3v) is 3.94. The molecule has 0 bridgehead atoms. The van der Waals surface area contributed by atoms with Crippen molar-refractivity contribution >= 4 is 0 Å². The largest absolute Gasteiger partial charge is 0.497 e. The molecule has 0 saturated heterocycles. The zero-order chi connectivity index (χ0) is 17.6. The van der Waals surface area contributed by atoms with Gasteiger partial charge in [0.1, 0.15) is 5.75 Å². The van der Waals surface area contributed by atoms with Gasteiger partial charge in [0.25, 0.3) is 0 Å². The van der Waals surface area contributed by atoms with E-state index in [-0.39, 0.29) is 6.04 Å². The Morgan fingerprint density at radius 1 is 1.08 bits per heavy atom. The molecule has 0 radical (unpaired) electrons. The van der Waals surface area contributed by atoms with Crippen LogP contribution >= 0.6 is 0 Å². The monoisotopic (exact) mass is 337 g/mol. The molecule has 0 aliphatic rings. The maximum Gasteiger partial charge on any atom is 0.416 e. The Kier molecular flexibility index (Phi) is 6.26. The van der Waals surface area contributed by atoms with Crippen molar-refractivity contribution in [3.8, 4) is 5.75 Å². The third kappa shape index (κ3) is 5.27. The van der Waals surface area contributed by atoms with Crippen LogP contribution < -0.4 is 10.1 Å². The van der Waals surface area contributed by atoms with E-state index in [4.69, 9.17) is 4.74 Å². The molecule has 0 spiro atoms. The second kappa shape index (κ2) is 8.20. The second-order valence-corrected chi connectivity index (χ2v) is 5.75. The number of aryl methyl sites for hydroxylation is 1. The first-order chi connectivity index (χ1) is 11.4. The predicted octanol–water partition coefficient (Wildman–Crippen LogP) is 5.00. The quantitative estimate of drug-likeness (QED) is 0.718. The zero-order valence-electron chi connectivity index (χ0n) is 13.9.